The SMILES string of the molecule is CON(C)C(=O)C[C@@H](CN)CC(C)C. The van der Waals surface area contributed by atoms with E-state index < -0.39 is 0 Å². The zero-order valence-corrected chi connectivity index (χ0v) is 9.62. The van der Waals surface area contributed by atoms with Crippen molar-refractivity contribution in [3.8, 4) is 0 Å². The molecule has 0 aromatic rings. The number of hydroxylamine groups is 2. The molecule has 0 saturated carbocycles. The molecule has 0 aromatic carbocycles. The molecular weight excluding hydrogens is 180 g/mol. The normalized spacial score (nSPS) is 13.0. The van der Waals surface area contributed by atoms with Crippen LogP contribution in [-0.2, 0) is 9.63 Å². The molecule has 0 aliphatic heterocycles. The first kappa shape index (κ1) is 13.4. The number of nitrogens with zero attached hydrogens (tertiary/aromatic N) is 1. The predicted molar refractivity (Wildman–Crippen MR) is 56.4 cm³/mol. The average molecular weight is 202 g/mol. The van der Waals surface area contributed by atoms with E-state index in [4.69, 9.17) is 10.6 Å². The Balaban J connectivity index is 3.98. The molecule has 2 N–H and O–H groups in total. The minimum absolute atomic E-state index is 0.0106. The van der Waals surface area contributed by atoms with Crippen LogP contribution in [0.15, 0.2) is 0 Å². The standard InChI is InChI=1S/C10H22N2O2/c1-8(2)5-9(7-11)6-10(13)12(3)14-4/h8-9H,5-7,11H2,1-4H3/t9-/m0/s1. The fourth-order valence-corrected chi connectivity index (χ4v) is 1.41. The lowest BCUT2D eigenvalue weighted by Gasteiger charge is -2.19. The van der Waals surface area contributed by atoms with E-state index in [1.54, 1.807) is 7.05 Å². The lowest BCUT2D eigenvalue weighted by Crippen LogP contribution is -2.30. The molecule has 4 nitrogen and oxygen atoms in total. The van der Waals surface area contributed by atoms with Gasteiger partial charge in [-0.15, -0.1) is 0 Å². The topological polar surface area (TPSA) is 55.6 Å². The van der Waals surface area contributed by atoms with Crippen molar-refractivity contribution in [3.63, 3.8) is 0 Å². The quantitative estimate of drug-likeness (QED) is 0.654. The van der Waals surface area contributed by atoms with E-state index in [9.17, 15) is 4.79 Å². The zero-order valence-electron chi connectivity index (χ0n) is 9.62. The molecule has 0 fully saturated rings. The fraction of sp³-hybridized carbons (Fsp3) is 0.900. The van der Waals surface area contributed by atoms with Crippen LogP contribution in [-0.4, -0.2) is 31.7 Å². The molecule has 0 saturated heterocycles. The number of hydrogen-bond acceptors (Lipinski definition) is 3. The highest BCUT2D eigenvalue weighted by atomic mass is 16.7. The van der Waals surface area contributed by atoms with Crippen molar-refractivity contribution in [3.05, 3.63) is 0 Å². The number of nitrogens with two attached hydrogens (primary N) is 1. The molecule has 0 radical (unpaired) electrons. The van der Waals surface area contributed by atoms with Crippen LogP contribution in [0.1, 0.15) is 26.7 Å². The van der Waals surface area contributed by atoms with Gasteiger partial charge in [0.2, 0.25) is 5.91 Å². The smallest absolute Gasteiger partial charge is 0.246 e. The monoisotopic (exact) mass is 202 g/mol. The van der Waals surface area contributed by atoms with Crippen LogP contribution >= 0.6 is 0 Å². The van der Waals surface area contributed by atoms with Crippen molar-refractivity contribution >= 4 is 5.91 Å². The first-order chi connectivity index (χ1) is 6.51. The van der Waals surface area contributed by atoms with Gasteiger partial charge in [0, 0.05) is 13.5 Å². The van der Waals surface area contributed by atoms with Gasteiger partial charge in [0.25, 0.3) is 0 Å². The summed E-state index contributed by atoms with van der Waals surface area (Å²) >= 11 is 0. The van der Waals surface area contributed by atoms with Gasteiger partial charge in [0.15, 0.2) is 0 Å². The summed E-state index contributed by atoms with van der Waals surface area (Å²) in [7, 11) is 3.10. The van der Waals surface area contributed by atoms with Gasteiger partial charge >= 0.3 is 0 Å². The maximum absolute atomic E-state index is 11.5. The molecule has 0 aliphatic carbocycles. The van der Waals surface area contributed by atoms with Crippen LogP contribution in [0.3, 0.4) is 0 Å². The van der Waals surface area contributed by atoms with Gasteiger partial charge in [-0.2, -0.15) is 0 Å². The van der Waals surface area contributed by atoms with Crippen LogP contribution in [0.4, 0.5) is 0 Å². The van der Waals surface area contributed by atoms with Gasteiger partial charge in [-0.1, -0.05) is 13.8 Å². The summed E-state index contributed by atoms with van der Waals surface area (Å²) in [5.41, 5.74) is 5.60. The molecular formula is C10H22N2O2. The Morgan fingerprint density at radius 3 is 2.43 bits per heavy atom. The second kappa shape index (κ2) is 6.79. The number of rotatable bonds is 6. The van der Waals surface area contributed by atoms with Gasteiger partial charge < -0.3 is 5.73 Å². The molecule has 4 heteroatoms. The maximum atomic E-state index is 11.5. The third-order valence-corrected chi connectivity index (χ3v) is 2.23. The molecule has 0 rings (SSSR count). The minimum atomic E-state index is -0.0106. The molecule has 14 heavy (non-hydrogen) atoms. The summed E-state index contributed by atoms with van der Waals surface area (Å²) in [5, 5.41) is 1.25. The highest BCUT2D eigenvalue weighted by Gasteiger charge is 2.16. The van der Waals surface area contributed by atoms with E-state index in [2.05, 4.69) is 13.8 Å². The summed E-state index contributed by atoms with van der Waals surface area (Å²) in [6.07, 6.45) is 1.46. The summed E-state index contributed by atoms with van der Waals surface area (Å²) in [6.45, 7) is 4.82. The van der Waals surface area contributed by atoms with E-state index in [0.717, 1.165) is 6.42 Å². The van der Waals surface area contributed by atoms with Crippen LogP contribution in [0.25, 0.3) is 0 Å². The van der Waals surface area contributed by atoms with Crippen molar-refractivity contribution in [1.82, 2.24) is 5.06 Å². The third kappa shape index (κ3) is 5.19. The van der Waals surface area contributed by atoms with E-state index >= 15 is 0 Å². The second-order valence-electron chi connectivity index (χ2n) is 4.01. The molecule has 0 bridgehead atoms. The first-order valence-corrected chi connectivity index (χ1v) is 5.02. The molecule has 0 aliphatic rings. The highest BCUT2D eigenvalue weighted by molar-refractivity contribution is 5.75. The lowest BCUT2D eigenvalue weighted by atomic mass is 9.94. The predicted octanol–water partition coefficient (Wildman–Crippen LogP) is 1.02. The second-order valence-corrected chi connectivity index (χ2v) is 4.01. The van der Waals surface area contributed by atoms with Crippen LogP contribution in [0, 0.1) is 11.8 Å². The van der Waals surface area contributed by atoms with Gasteiger partial charge in [0.1, 0.15) is 0 Å². The molecule has 1 atom stereocenters. The van der Waals surface area contributed by atoms with E-state index in [0.29, 0.717) is 18.9 Å². The first-order valence-electron chi connectivity index (χ1n) is 5.02. The van der Waals surface area contributed by atoms with Crippen LogP contribution in [0.5, 0.6) is 0 Å². The molecule has 84 valence electrons. The van der Waals surface area contributed by atoms with Gasteiger partial charge in [-0.3, -0.25) is 9.63 Å². The van der Waals surface area contributed by atoms with Crippen LogP contribution < -0.4 is 5.73 Å². The lowest BCUT2D eigenvalue weighted by molar-refractivity contribution is -0.169. The van der Waals surface area contributed by atoms with Crippen LogP contribution in [0.2, 0.25) is 0 Å². The summed E-state index contributed by atoms with van der Waals surface area (Å²) in [5.74, 6) is 0.827. The molecule has 0 unspecified atom stereocenters. The Morgan fingerprint density at radius 1 is 1.50 bits per heavy atom. The Hall–Kier alpha value is -0.610. The molecule has 0 spiro atoms. The molecule has 0 aromatic heterocycles. The summed E-state index contributed by atoms with van der Waals surface area (Å²) < 4.78 is 0. The Labute approximate surface area is 86.4 Å². The van der Waals surface area contributed by atoms with Crippen molar-refractivity contribution < 1.29 is 9.63 Å². The maximum Gasteiger partial charge on any atom is 0.246 e. The Bertz CT molecular complexity index is 172. The zero-order chi connectivity index (χ0) is 11.1. The number of amides is 1. The van der Waals surface area contributed by atoms with Gasteiger partial charge in [-0.25, -0.2) is 5.06 Å². The summed E-state index contributed by atoms with van der Waals surface area (Å²) in [4.78, 5) is 16.3. The van der Waals surface area contributed by atoms with Crippen molar-refractivity contribution in [2.24, 2.45) is 17.6 Å². The van der Waals surface area contributed by atoms with E-state index in [1.165, 1.54) is 12.2 Å². The third-order valence-electron chi connectivity index (χ3n) is 2.23. The summed E-state index contributed by atoms with van der Waals surface area (Å²) in [6, 6.07) is 0. The van der Waals surface area contributed by atoms with E-state index in [-0.39, 0.29) is 11.8 Å². The molecule has 1 amide bonds. The van der Waals surface area contributed by atoms with E-state index in [1.807, 2.05) is 0 Å². The number of hydrogen-bond donors (Lipinski definition) is 1. The largest absolute Gasteiger partial charge is 0.330 e. The van der Waals surface area contributed by atoms with Gasteiger partial charge in [-0.05, 0) is 24.8 Å². The fourth-order valence-electron chi connectivity index (χ4n) is 1.41. The van der Waals surface area contributed by atoms with Crippen molar-refractivity contribution in [2.75, 3.05) is 20.7 Å². The average Bonchev–Trinajstić information content (AvgIpc) is 2.14. The number of carbonyl (C=O) groups is 1. The van der Waals surface area contributed by atoms with Crippen molar-refractivity contribution in [1.29, 1.82) is 0 Å². The van der Waals surface area contributed by atoms with Crippen molar-refractivity contribution in [2.45, 2.75) is 26.7 Å². The number of carbonyl (C=O) groups excluding carboxylic acids is 1. The Morgan fingerprint density at radius 2 is 2.07 bits per heavy atom. The minimum Gasteiger partial charge on any atom is -0.330 e. The Kier molecular flexibility index (Phi) is 6.49. The van der Waals surface area contributed by atoms with Gasteiger partial charge in [0.05, 0.1) is 7.11 Å². The molecule has 0 heterocycles. The highest BCUT2D eigenvalue weighted by Crippen LogP contribution is 2.15.